The molecular weight excluding hydrogens is 226 g/mol. The second-order valence-electron chi connectivity index (χ2n) is 4.02. The van der Waals surface area contributed by atoms with Crippen molar-refractivity contribution in [3.05, 3.63) is 48.8 Å². The van der Waals surface area contributed by atoms with Gasteiger partial charge in [-0.05, 0) is 36.8 Å². The molecule has 0 aliphatic heterocycles. The molecule has 0 bridgehead atoms. The third kappa shape index (κ3) is 3.13. The maximum atomic E-state index is 11.5. The van der Waals surface area contributed by atoms with Crippen LogP contribution in [0.4, 0.5) is 10.5 Å². The molecule has 0 radical (unpaired) electrons. The summed E-state index contributed by atoms with van der Waals surface area (Å²) in [6.45, 7) is 2.70. The van der Waals surface area contributed by atoms with Gasteiger partial charge in [0.05, 0.1) is 0 Å². The summed E-state index contributed by atoms with van der Waals surface area (Å²) in [7, 11) is 0. The maximum Gasteiger partial charge on any atom is 0.319 e. The van der Waals surface area contributed by atoms with Gasteiger partial charge in [-0.25, -0.2) is 4.79 Å². The van der Waals surface area contributed by atoms with Gasteiger partial charge >= 0.3 is 6.03 Å². The second-order valence-corrected chi connectivity index (χ2v) is 4.02. The lowest BCUT2D eigenvalue weighted by Crippen LogP contribution is -2.29. The summed E-state index contributed by atoms with van der Waals surface area (Å²) in [6.07, 6.45) is 4.86. The van der Waals surface area contributed by atoms with Crippen molar-refractivity contribution < 1.29 is 4.79 Å². The normalized spacial score (nSPS) is 10.1. The predicted octanol–water partition coefficient (Wildman–Crippen LogP) is 3.01. The molecule has 2 rings (SSSR count). The van der Waals surface area contributed by atoms with Crippen molar-refractivity contribution in [2.24, 2.45) is 0 Å². The Balaban J connectivity index is 2.06. The highest BCUT2D eigenvalue weighted by Gasteiger charge is 2.01. The summed E-state index contributed by atoms with van der Waals surface area (Å²) in [5.41, 5.74) is 1.81. The Labute approximate surface area is 107 Å². The van der Waals surface area contributed by atoms with Crippen molar-refractivity contribution in [1.29, 1.82) is 0 Å². The van der Waals surface area contributed by atoms with E-state index in [1.165, 1.54) is 0 Å². The first kappa shape index (κ1) is 12.2. The molecule has 1 aromatic carbocycles. The van der Waals surface area contributed by atoms with Crippen LogP contribution in [-0.4, -0.2) is 17.1 Å². The molecule has 94 valence electrons. The number of anilines is 1. The average Bonchev–Trinajstić information content (AvgIpc) is 2.90. The largest absolute Gasteiger partial charge is 0.338 e. The van der Waals surface area contributed by atoms with E-state index in [-0.39, 0.29) is 6.03 Å². The highest BCUT2D eigenvalue weighted by Crippen LogP contribution is 2.14. The van der Waals surface area contributed by atoms with Gasteiger partial charge in [-0.3, -0.25) is 0 Å². The minimum absolute atomic E-state index is 0.165. The summed E-state index contributed by atoms with van der Waals surface area (Å²) < 4.78 is 2.00. The van der Waals surface area contributed by atoms with Gasteiger partial charge in [0.15, 0.2) is 0 Å². The number of carbonyl (C=O) groups excluding carboxylic acids is 1. The molecule has 2 amide bonds. The Kier molecular flexibility index (Phi) is 4.02. The molecule has 0 aliphatic carbocycles. The number of aromatic nitrogens is 1. The second kappa shape index (κ2) is 5.91. The van der Waals surface area contributed by atoms with E-state index < -0.39 is 0 Å². The molecule has 18 heavy (non-hydrogen) atoms. The zero-order valence-corrected chi connectivity index (χ0v) is 10.4. The summed E-state index contributed by atoms with van der Waals surface area (Å²) in [5, 5.41) is 5.59. The first-order chi connectivity index (χ1) is 8.79. The van der Waals surface area contributed by atoms with E-state index in [9.17, 15) is 4.79 Å². The molecule has 0 saturated carbocycles. The van der Waals surface area contributed by atoms with Gasteiger partial charge < -0.3 is 15.2 Å². The molecule has 4 heteroatoms. The minimum Gasteiger partial charge on any atom is -0.338 e. The molecule has 2 aromatic rings. The van der Waals surface area contributed by atoms with Gasteiger partial charge in [0.25, 0.3) is 0 Å². The van der Waals surface area contributed by atoms with Crippen molar-refractivity contribution in [2.75, 3.05) is 11.9 Å². The van der Waals surface area contributed by atoms with E-state index in [4.69, 9.17) is 0 Å². The highest BCUT2D eigenvalue weighted by atomic mass is 16.2. The Hall–Kier alpha value is -2.23. The molecule has 0 fully saturated rings. The summed E-state index contributed by atoms with van der Waals surface area (Å²) in [6, 6.07) is 11.5. The summed E-state index contributed by atoms with van der Waals surface area (Å²) in [4.78, 5) is 11.5. The minimum atomic E-state index is -0.165. The fourth-order valence-electron chi connectivity index (χ4n) is 1.66. The zero-order chi connectivity index (χ0) is 12.8. The topological polar surface area (TPSA) is 46.1 Å². The number of nitrogens with one attached hydrogen (secondary N) is 2. The first-order valence-corrected chi connectivity index (χ1v) is 6.08. The summed E-state index contributed by atoms with van der Waals surface area (Å²) in [5.74, 6) is 0. The maximum absolute atomic E-state index is 11.5. The number of hydrogen-bond donors (Lipinski definition) is 2. The van der Waals surface area contributed by atoms with Crippen molar-refractivity contribution >= 4 is 11.7 Å². The molecule has 0 atom stereocenters. The fraction of sp³-hybridized carbons (Fsp3) is 0.214. The lowest BCUT2D eigenvalue weighted by Gasteiger charge is -2.09. The van der Waals surface area contributed by atoms with Crippen LogP contribution in [-0.2, 0) is 0 Å². The Morgan fingerprint density at radius 1 is 1.22 bits per heavy atom. The van der Waals surface area contributed by atoms with Crippen LogP contribution in [0.5, 0.6) is 0 Å². The van der Waals surface area contributed by atoms with Gasteiger partial charge in [-0.2, -0.15) is 0 Å². The molecule has 1 heterocycles. The highest BCUT2D eigenvalue weighted by molar-refractivity contribution is 5.89. The molecule has 4 nitrogen and oxygen atoms in total. The van der Waals surface area contributed by atoms with Gasteiger partial charge in [-0.1, -0.05) is 13.0 Å². The predicted molar refractivity (Wildman–Crippen MR) is 73.1 cm³/mol. The van der Waals surface area contributed by atoms with E-state index in [1.807, 2.05) is 60.3 Å². The van der Waals surface area contributed by atoms with Crippen molar-refractivity contribution in [2.45, 2.75) is 13.3 Å². The molecular formula is C14H17N3O. The number of carbonyl (C=O) groups is 1. The van der Waals surface area contributed by atoms with Crippen LogP contribution in [0.25, 0.3) is 5.69 Å². The third-order valence-corrected chi connectivity index (χ3v) is 2.54. The van der Waals surface area contributed by atoms with Crippen LogP contribution >= 0.6 is 0 Å². The molecule has 0 saturated heterocycles. The Morgan fingerprint density at radius 2 is 2.00 bits per heavy atom. The van der Waals surface area contributed by atoms with Gasteiger partial charge in [0.2, 0.25) is 0 Å². The standard InChI is InChI=1S/C14H17N3O/c1-2-8-15-14(18)16-12-6-5-7-13(11-12)17-9-3-4-10-17/h3-7,9-11H,2,8H2,1H3,(H2,15,16,18). The monoisotopic (exact) mass is 243 g/mol. The number of nitrogens with zero attached hydrogens (tertiary/aromatic N) is 1. The van der Waals surface area contributed by atoms with E-state index >= 15 is 0 Å². The van der Waals surface area contributed by atoms with Gasteiger partial charge in [0.1, 0.15) is 0 Å². The van der Waals surface area contributed by atoms with E-state index in [0.29, 0.717) is 6.54 Å². The fourth-order valence-corrected chi connectivity index (χ4v) is 1.66. The number of hydrogen-bond acceptors (Lipinski definition) is 1. The third-order valence-electron chi connectivity index (χ3n) is 2.54. The quantitative estimate of drug-likeness (QED) is 0.852. The molecule has 0 unspecified atom stereocenters. The Bertz CT molecular complexity index is 506. The number of urea groups is 1. The van der Waals surface area contributed by atoms with Crippen LogP contribution in [0.15, 0.2) is 48.8 Å². The first-order valence-electron chi connectivity index (χ1n) is 6.08. The molecule has 0 spiro atoms. The average molecular weight is 243 g/mol. The van der Waals surface area contributed by atoms with Crippen LogP contribution in [0.2, 0.25) is 0 Å². The summed E-state index contributed by atoms with van der Waals surface area (Å²) >= 11 is 0. The van der Waals surface area contributed by atoms with E-state index in [2.05, 4.69) is 10.6 Å². The van der Waals surface area contributed by atoms with Crippen molar-refractivity contribution in [3.63, 3.8) is 0 Å². The molecule has 0 aliphatic rings. The zero-order valence-electron chi connectivity index (χ0n) is 10.4. The molecule has 1 aromatic heterocycles. The smallest absolute Gasteiger partial charge is 0.319 e. The Morgan fingerprint density at radius 3 is 2.72 bits per heavy atom. The van der Waals surface area contributed by atoms with Crippen LogP contribution in [0, 0.1) is 0 Å². The lowest BCUT2D eigenvalue weighted by atomic mass is 10.3. The van der Waals surface area contributed by atoms with Gasteiger partial charge in [0, 0.05) is 30.3 Å². The van der Waals surface area contributed by atoms with Crippen molar-refractivity contribution in [3.8, 4) is 5.69 Å². The van der Waals surface area contributed by atoms with Crippen LogP contribution < -0.4 is 10.6 Å². The van der Waals surface area contributed by atoms with Gasteiger partial charge in [-0.15, -0.1) is 0 Å². The van der Waals surface area contributed by atoms with Crippen molar-refractivity contribution in [1.82, 2.24) is 9.88 Å². The number of amides is 2. The SMILES string of the molecule is CCCNC(=O)Nc1cccc(-n2cccc2)c1. The number of benzene rings is 1. The van der Waals surface area contributed by atoms with Crippen LogP contribution in [0.1, 0.15) is 13.3 Å². The molecule has 2 N–H and O–H groups in total. The van der Waals surface area contributed by atoms with Crippen LogP contribution in [0.3, 0.4) is 0 Å². The lowest BCUT2D eigenvalue weighted by molar-refractivity contribution is 0.252. The van der Waals surface area contributed by atoms with E-state index in [1.54, 1.807) is 0 Å². The number of rotatable bonds is 4. The van der Waals surface area contributed by atoms with E-state index in [0.717, 1.165) is 17.8 Å².